The Labute approximate surface area is 398 Å². The number of carbonyl (C=O) groups is 3. The number of unbranched alkanes of at least 4 members (excludes halogenated alkanes) is 37. The zero-order valence-electron chi connectivity index (χ0n) is 43.1. The molecule has 0 saturated carbocycles. The monoisotopic (exact) mass is 901 g/mol. The summed E-state index contributed by atoms with van der Waals surface area (Å²) >= 11 is 0. The molecule has 0 radical (unpaired) electrons. The van der Waals surface area contributed by atoms with Crippen molar-refractivity contribution in [2.24, 2.45) is 0 Å². The summed E-state index contributed by atoms with van der Waals surface area (Å²) in [5.74, 6) is -0.881. The van der Waals surface area contributed by atoms with Crippen molar-refractivity contribution in [1.29, 1.82) is 0 Å². The maximum Gasteiger partial charge on any atom is 0.306 e. The summed E-state index contributed by atoms with van der Waals surface area (Å²) in [5.41, 5.74) is 0. The van der Waals surface area contributed by atoms with Gasteiger partial charge in [-0.2, -0.15) is 0 Å². The summed E-state index contributed by atoms with van der Waals surface area (Å²) in [4.78, 5) is 37.8. The van der Waals surface area contributed by atoms with E-state index in [-0.39, 0.29) is 31.1 Å². The van der Waals surface area contributed by atoms with Gasteiger partial charge in [-0.15, -0.1) is 0 Å². The predicted octanol–water partition coefficient (Wildman–Crippen LogP) is 18.7. The lowest BCUT2D eigenvalue weighted by Crippen LogP contribution is -2.30. The molecular formula is C58H108O6. The Bertz CT molecular complexity index is 1040. The second-order valence-electron chi connectivity index (χ2n) is 19.2. The molecule has 1 unspecified atom stereocenters. The van der Waals surface area contributed by atoms with Crippen molar-refractivity contribution < 1.29 is 28.6 Å². The lowest BCUT2D eigenvalue weighted by molar-refractivity contribution is -0.167. The fourth-order valence-corrected chi connectivity index (χ4v) is 8.42. The summed E-state index contributed by atoms with van der Waals surface area (Å²) in [5, 5.41) is 0. The van der Waals surface area contributed by atoms with Crippen molar-refractivity contribution in [3.8, 4) is 0 Å². The highest BCUT2D eigenvalue weighted by Gasteiger charge is 2.19. The molecule has 6 heteroatoms. The van der Waals surface area contributed by atoms with Crippen LogP contribution in [0.2, 0.25) is 0 Å². The molecule has 0 saturated heterocycles. The average molecular weight is 901 g/mol. The van der Waals surface area contributed by atoms with Crippen LogP contribution in [0.5, 0.6) is 0 Å². The Morgan fingerprint density at radius 2 is 0.562 bits per heavy atom. The molecule has 6 nitrogen and oxygen atoms in total. The van der Waals surface area contributed by atoms with Crippen molar-refractivity contribution >= 4 is 17.9 Å². The van der Waals surface area contributed by atoms with Crippen molar-refractivity contribution in [3.63, 3.8) is 0 Å². The van der Waals surface area contributed by atoms with Crippen LogP contribution in [-0.2, 0) is 28.6 Å². The first kappa shape index (κ1) is 61.9. The third kappa shape index (κ3) is 50.9. The molecule has 0 aliphatic carbocycles. The zero-order chi connectivity index (χ0) is 46.5. The molecule has 1 atom stereocenters. The molecule has 0 aromatic carbocycles. The second-order valence-corrected chi connectivity index (χ2v) is 19.2. The van der Waals surface area contributed by atoms with Gasteiger partial charge in [-0.1, -0.05) is 263 Å². The molecule has 376 valence electrons. The van der Waals surface area contributed by atoms with E-state index in [0.717, 1.165) is 77.0 Å². The Balaban J connectivity index is 4.05. The average Bonchev–Trinajstić information content (AvgIpc) is 3.29. The van der Waals surface area contributed by atoms with Gasteiger partial charge in [0.2, 0.25) is 0 Å². The number of ether oxygens (including phenoxy) is 3. The van der Waals surface area contributed by atoms with E-state index in [9.17, 15) is 14.4 Å². The predicted molar refractivity (Wildman–Crippen MR) is 275 cm³/mol. The van der Waals surface area contributed by atoms with Gasteiger partial charge < -0.3 is 14.2 Å². The van der Waals surface area contributed by atoms with Gasteiger partial charge >= 0.3 is 17.9 Å². The van der Waals surface area contributed by atoms with Gasteiger partial charge in [0.05, 0.1) is 0 Å². The molecule has 0 bridgehead atoms. The number of hydrogen-bond donors (Lipinski definition) is 0. The van der Waals surface area contributed by atoms with E-state index in [4.69, 9.17) is 14.2 Å². The van der Waals surface area contributed by atoms with Gasteiger partial charge in [-0.3, -0.25) is 14.4 Å². The molecule has 0 fully saturated rings. The van der Waals surface area contributed by atoms with Gasteiger partial charge in [0, 0.05) is 19.3 Å². The van der Waals surface area contributed by atoms with Crippen LogP contribution in [0, 0.1) is 0 Å². The molecular weight excluding hydrogens is 793 g/mol. The number of allylic oxidation sites excluding steroid dienone is 4. The van der Waals surface area contributed by atoms with E-state index < -0.39 is 6.10 Å². The normalized spacial score (nSPS) is 12.1. The minimum atomic E-state index is -0.771. The molecule has 0 aromatic heterocycles. The van der Waals surface area contributed by atoms with Crippen molar-refractivity contribution in [3.05, 3.63) is 24.3 Å². The minimum Gasteiger partial charge on any atom is -0.462 e. The third-order valence-electron chi connectivity index (χ3n) is 12.7. The Hall–Kier alpha value is -2.11. The smallest absolute Gasteiger partial charge is 0.306 e. The minimum absolute atomic E-state index is 0.0729. The molecule has 0 rings (SSSR count). The molecule has 0 aliphatic heterocycles. The van der Waals surface area contributed by atoms with Crippen LogP contribution in [0.3, 0.4) is 0 Å². The third-order valence-corrected chi connectivity index (χ3v) is 12.7. The Morgan fingerprint density at radius 1 is 0.312 bits per heavy atom. The fourth-order valence-electron chi connectivity index (χ4n) is 8.42. The van der Waals surface area contributed by atoms with Crippen LogP contribution in [0.25, 0.3) is 0 Å². The summed E-state index contributed by atoms with van der Waals surface area (Å²) in [6.07, 6.45) is 62.1. The number of rotatable bonds is 52. The molecule has 0 aliphatic rings. The lowest BCUT2D eigenvalue weighted by atomic mass is 10.0. The topological polar surface area (TPSA) is 78.9 Å². The van der Waals surface area contributed by atoms with Crippen LogP contribution in [0.15, 0.2) is 24.3 Å². The first-order valence-electron chi connectivity index (χ1n) is 28.3. The number of carbonyl (C=O) groups excluding carboxylic acids is 3. The van der Waals surface area contributed by atoms with E-state index >= 15 is 0 Å². The molecule has 0 heterocycles. The number of hydrogen-bond acceptors (Lipinski definition) is 6. The van der Waals surface area contributed by atoms with E-state index in [0.29, 0.717) is 19.3 Å². The molecule has 0 amide bonds. The summed E-state index contributed by atoms with van der Waals surface area (Å²) in [7, 11) is 0. The first-order valence-corrected chi connectivity index (χ1v) is 28.3. The molecule has 0 spiro atoms. The van der Waals surface area contributed by atoms with Crippen molar-refractivity contribution in [1.82, 2.24) is 0 Å². The highest BCUT2D eigenvalue weighted by molar-refractivity contribution is 5.71. The van der Waals surface area contributed by atoms with Gasteiger partial charge in [0.25, 0.3) is 0 Å². The van der Waals surface area contributed by atoms with Gasteiger partial charge in [-0.25, -0.2) is 0 Å². The summed E-state index contributed by atoms with van der Waals surface area (Å²) < 4.78 is 16.7. The summed E-state index contributed by atoms with van der Waals surface area (Å²) in [6, 6.07) is 0. The fraction of sp³-hybridized carbons (Fsp3) is 0.879. The number of esters is 3. The standard InChI is InChI=1S/C58H108O6/c1-4-7-10-13-16-18-20-22-24-25-26-27-28-29-30-31-32-33-35-36-38-40-42-45-48-51-57(60)63-54-55(53-62-56(59)50-47-44-15-12-9-6-3)64-58(61)52-49-46-43-41-39-37-34-23-21-19-17-14-11-8-5-2/h17,19,23,34,55H,4-16,18,20-22,24-33,35-54H2,1-3H3/b19-17-,34-23-. The van der Waals surface area contributed by atoms with Gasteiger partial charge in [0.1, 0.15) is 13.2 Å². The van der Waals surface area contributed by atoms with Crippen LogP contribution in [0.4, 0.5) is 0 Å². The maximum atomic E-state index is 12.8. The van der Waals surface area contributed by atoms with Crippen molar-refractivity contribution in [2.75, 3.05) is 13.2 Å². The van der Waals surface area contributed by atoms with Crippen LogP contribution in [0.1, 0.15) is 310 Å². The second kappa shape index (κ2) is 53.5. The quantitative estimate of drug-likeness (QED) is 0.0262. The molecule has 64 heavy (non-hydrogen) atoms. The van der Waals surface area contributed by atoms with Crippen LogP contribution < -0.4 is 0 Å². The van der Waals surface area contributed by atoms with Crippen LogP contribution in [-0.4, -0.2) is 37.2 Å². The van der Waals surface area contributed by atoms with E-state index in [1.807, 2.05) is 0 Å². The van der Waals surface area contributed by atoms with Gasteiger partial charge in [-0.05, 0) is 51.4 Å². The summed E-state index contributed by atoms with van der Waals surface area (Å²) in [6.45, 7) is 6.58. The Morgan fingerprint density at radius 3 is 0.891 bits per heavy atom. The van der Waals surface area contributed by atoms with Crippen molar-refractivity contribution in [2.45, 2.75) is 316 Å². The zero-order valence-corrected chi connectivity index (χ0v) is 43.1. The Kier molecular flexibility index (Phi) is 51.7. The van der Waals surface area contributed by atoms with E-state index in [2.05, 4.69) is 45.1 Å². The van der Waals surface area contributed by atoms with Crippen LogP contribution >= 0.6 is 0 Å². The maximum absolute atomic E-state index is 12.8. The highest BCUT2D eigenvalue weighted by Crippen LogP contribution is 2.17. The van der Waals surface area contributed by atoms with Gasteiger partial charge in [0.15, 0.2) is 6.10 Å². The van der Waals surface area contributed by atoms with E-state index in [1.165, 1.54) is 193 Å². The molecule has 0 N–H and O–H groups in total. The van der Waals surface area contributed by atoms with E-state index in [1.54, 1.807) is 0 Å². The molecule has 0 aromatic rings. The first-order chi connectivity index (χ1) is 31.5. The SMILES string of the molecule is CCCCC/C=C\C/C=C\CCCCCCCC(=O)OC(COC(=O)CCCCCCCC)COC(=O)CCCCCCCCCCCCCCCCCCCCCCCCCCC. The highest BCUT2D eigenvalue weighted by atomic mass is 16.6. The lowest BCUT2D eigenvalue weighted by Gasteiger charge is -2.18. The largest absolute Gasteiger partial charge is 0.462 e.